The summed E-state index contributed by atoms with van der Waals surface area (Å²) in [7, 11) is 1.70. The number of methoxy groups -OCH3 is 1. The van der Waals surface area contributed by atoms with Gasteiger partial charge in [-0.05, 0) is 79.2 Å². The predicted octanol–water partition coefficient (Wildman–Crippen LogP) is 5.32. The molecular formula is C25H26N4OS. The summed E-state index contributed by atoms with van der Waals surface area (Å²) in [5.74, 6) is 0.864. The van der Waals surface area contributed by atoms with Gasteiger partial charge in [0.05, 0.1) is 7.11 Å². The highest BCUT2D eigenvalue weighted by Gasteiger charge is 2.15. The summed E-state index contributed by atoms with van der Waals surface area (Å²) in [5.41, 5.74) is 5.74. The van der Waals surface area contributed by atoms with E-state index >= 15 is 0 Å². The summed E-state index contributed by atoms with van der Waals surface area (Å²) in [6, 6.07) is 20.2. The Morgan fingerprint density at radius 1 is 1.10 bits per heavy atom. The minimum absolute atomic E-state index is 0.707. The summed E-state index contributed by atoms with van der Waals surface area (Å²) < 4.78 is 5.43. The second-order valence-corrected chi connectivity index (χ2v) is 7.85. The van der Waals surface area contributed by atoms with Crippen LogP contribution in [0.5, 0.6) is 5.75 Å². The Bertz CT molecular complexity index is 1160. The van der Waals surface area contributed by atoms with E-state index in [1.54, 1.807) is 7.11 Å². The maximum atomic E-state index is 5.79. The van der Waals surface area contributed by atoms with Crippen LogP contribution in [0.2, 0.25) is 0 Å². The number of nitrogens with zero attached hydrogens (tertiary/aromatic N) is 2. The normalized spacial score (nSPS) is 10.8. The molecule has 158 valence electrons. The average Bonchev–Trinajstić information content (AvgIpc) is 3.12. The fourth-order valence-electron chi connectivity index (χ4n) is 3.74. The summed E-state index contributed by atoms with van der Waals surface area (Å²) in [6.45, 7) is 3.62. The Kier molecular flexibility index (Phi) is 6.48. The summed E-state index contributed by atoms with van der Waals surface area (Å²) in [6.07, 6.45) is 4.50. The number of ether oxygens (including phenoxy) is 1. The van der Waals surface area contributed by atoms with Gasteiger partial charge in [0.2, 0.25) is 0 Å². The molecule has 4 aromatic rings. The number of thiocarbonyl (C=S) groups is 1. The zero-order chi connectivity index (χ0) is 21.6. The largest absolute Gasteiger partial charge is 0.497 e. The van der Waals surface area contributed by atoms with Crippen molar-refractivity contribution in [3.8, 4) is 5.75 Å². The molecule has 0 radical (unpaired) electrons. The van der Waals surface area contributed by atoms with E-state index in [4.69, 9.17) is 17.0 Å². The third-order valence-electron chi connectivity index (χ3n) is 5.39. The van der Waals surface area contributed by atoms with E-state index in [1.165, 1.54) is 22.2 Å². The number of fused-ring (bicyclic) bond motifs is 1. The van der Waals surface area contributed by atoms with Gasteiger partial charge in [0.25, 0.3) is 0 Å². The van der Waals surface area contributed by atoms with Crippen molar-refractivity contribution >= 4 is 33.9 Å². The van der Waals surface area contributed by atoms with Crippen LogP contribution in [0.25, 0.3) is 10.9 Å². The Morgan fingerprint density at radius 2 is 1.87 bits per heavy atom. The molecule has 0 aliphatic heterocycles. The molecule has 0 bridgehead atoms. The van der Waals surface area contributed by atoms with Crippen LogP contribution in [-0.2, 0) is 13.0 Å². The molecule has 2 aromatic heterocycles. The Morgan fingerprint density at radius 3 is 2.61 bits per heavy atom. The second kappa shape index (κ2) is 9.62. The molecule has 0 spiro atoms. The molecule has 0 unspecified atom stereocenters. The molecular weight excluding hydrogens is 404 g/mol. The number of nitrogens with one attached hydrogen (secondary N) is 2. The van der Waals surface area contributed by atoms with Crippen LogP contribution >= 0.6 is 12.2 Å². The molecule has 0 fully saturated rings. The second-order valence-electron chi connectivity index (χ2n) is 7.46. The lowest BCUT2D eigenvalue weighted by atomic mass is 10.1. The van der Waals surface area contributed by atoms with Gasteiger partial charge in [0.1, 0.15) is 5.75 Å². The van der Waals surface area contributed by atoms with Crippen LogP contribution in [0.15, 0.2) is 73.1 Å². The molecule has 0 atom stereocenters. The van der Waals surface area contributed by atoms with Gasteiger partial charge in [-0.3, -0.25) is 4.98 Å². The third kappa shape index (κ3) is 5.03. The van der Waals surface area contributed by atoms with Crippen LogP contribution in [-0.4, -0.2) is 33.6 Å². The van der Waals surface area contributed by atoms with Gasteiger partial charge in [-0.25, -0.2) is 0 Å². The first kappa shape index (κ1) is 20.9. The minimum Gasteiger partial charge on any atom is -0.497 e. The molecule has 0 saturated carbocycles. The zero-order valence-corrected chi connectivity index (χ0v) is 18.6. The van der Waals surface area contributed by atoms with Crippen molar-refractivity contribution in [1.29, 1.82) is 0 Å². The van der Waals surface area contributed by atoms with Crippen molar-refractivity contribution in [3.63, 3.8) is 0 Å². The molecule has 2 aromatic carbocycles. The summed E-state index contributed by atoms with van der Waals surface area (Å²) >= 11 is 5.79. The molecule has 0 saturated heterocycles. The van der Waals surface area contributed by atoms with E-state index in [2.05, 4.69) is 39.2 Å². The number of aromatic amines is 1. The number of hydrogen-bond acceptors (Lipinski definition) is 3. The Balaban J connectivity index is 1.56. The van der Waals surface area contributed by atoms with Crippen molar-refractivity contribution in [2.24, 2.45) is 0 Å². The number of aromatic nitrogens is 2. The average molecular weight is 431 g/mol. The maximum Gasteiger partial charge on any atom is 0.173 e. The fraction of sp³-hybridized carbons (Fsp3) is 0.200. The van der Waals surface area contributed by atoms with Gasteiger partial charge in [-0.15, -0.1) is 0 Å². The fourth-order valence-corrected chi connectivity index (χ4v) is 4.02. The number of hydrogen-bond donors (Lipinski definition) is 2. The van der Waals surface area contributed by atoms with E-state index in [0.29, 0.717) is 11.7 Å². The standard InChI is InChI=1S/C25H26N4OS/c1-18-22(23-16-21(30-2)8-9-24(23)27-18)12-15-29(17-19-10-13-26-14-11-19)25(31)28-20-6-4-3-5-7-20/h3-11,13-14,16,27H,12,15,17H2,1-2H3,(H,28,31). The van der Waals surface area contributed by atoms with Crippen LogP contribution in [0, 0.1) is 6.92 Å². The number of benzene rings is 2. The predicted molar refractivity (Wildman–Crippen MR) is 131 cm³/mol. The topological polar surface area (TPSA) is 53.2 Å². The van der Waals surface area contributed by atoms with Gasteiger partial charge in [-0.1, -0.05) is 18.2 Å². The van der Waals surface area contributed by atoms with Crippen molar-refractivity contribution in [1.82, 2.24) is 14.9 Å². The number of para-hydroxylation sites is 1. The van der Waals surface area contributed by atoms with E-state index in [1.807, 2.05) is 60.9 Å². The highest BCUT2D eigenvalue weighted by molar-refractivity contribution is 7.80. The SMILES string of the molecule is COc1ccc2[nH]c(C)c(CCN(Cc3ccncc3)C(=S)Nc3ccccc3)c2c1. The monoisotopic (exact) mass is 430 g/mol. The smallest absolute Gasteiger partial charge is 0.173 e. The molecule has 4 rings (SSSR count). The van der Waals surface area contributed by atoms with Crippen LogP contribution in [0.1, 0.15) is 16.8 Å². The van der Waals surface area contributed by atoms with E-state index in [-0.39, 0.29) is 0 Å². The Labute approximate surface area is 188 Å². The van der Waals surface area contributed by atoms with Gasteiger partial charge < -0.3 is 19.9 Å². The lowest BCUT2D eigenvalue weighted by molar-refractivity contribution is 0.415. The first-order chi connectivity index (χ1) is 15.1. The Hall–Kier alpha value is -3.38. The highest BCUT2D eigenvalue weighted by Crippen LogP contribution is 2.27. The molecule has 6 heteroatoms. The molecule has 0 aliphatic rings. The van der Waals surface area contributed by atoms with E-state index in [0.717, 1.165) is 29.9 Å². The first-order valence-electron chi connectivity index (χ1n) is 10.3. The minimum atomic E-state index is 0.707. The molecule has 0 amide bonds. The third-order valence-corrected chi connectivity index (χ3v) is 5.75. The molecule has 5 nitrogen and oxygen atoms in total. The number of H-pyrrole nitrogens is 1. The number of rotatable bonds is 7. The maximum absolute atomic E-state index is 5.79. The lowest BCUT2D eigenvalue weighted by Crippen LogP contribution is -2.36. The van der Waals surface area contributed by atoms with Gasteiger partial charge in [-0.2, -0.15) is 0 Å². The quantitative estimate of drug-likeness (QED) is 0.389. The zero-order valence-electron chi connectivity index (χ0n) is 17.8. The van der Waals surface area contributed by atoms with Crippen molar-refractivity contribution in [3.05, 3.63) is 89.9 Å². The highest BCUT2D eigenvalue weighted by atomic mass is 32.1. The van der Waals surface area contributed by atoms with Crippen molar-refractivity contribution in [2.45, 2.75) is 19.9 Å². The van der Waals surface area contributed by atoms with Crippen LogP contribution < -0.4 is 10.1 Å². The van der Waals surface area contributed by atoms with E-state index in [9.17, 15) is 0 Å². The van der Waals surface area contributed by atoms with Gasteiger partial charge in [0, 0.05) is 47.8 Å². The van der Waals surface area contributed by atoms with Crippen LogP contribution in [0.4, 0.5) is 5.69 Å². The van der Waals surface area contributed by atoms with Gasteiger partial charge in [0.15, 0.2) is 5.11 Å². The molecule has 0 aliphatic carbocycles. The van der Waals surface area contributed by atoms with Gasteiger partial charge >= 0.3 is 0 Å². The number of anilines is 1. The summed E-state index contributed by atoms with van der Waals surface area (Å²) in [5, 5.41) is 5.28. The summed E-state index contributed by atoms with van der Waals surface area (Å²) in [4.78, 5) is 9.83. The number of pyridine rings is 1. The molecule has 31 heavy (non-hydrogen) atoms. The number of aryl methyl sites for hydroxylation is 1. The molecule has 2 heterocycles. The molecule has 2 N–H and O–H groups in total. The first-order valence-corrected chi connectivity index (χ1v) is 10.7. The van der Waals surface area contributed by atoms with Crippen molar-refractivity contribution < 1.29 is 4.74 Å². The van der Waals surface area contributed by atoms with Crippen molar-refractivity contribution in [2.75, 3.05) is 19.0 Å². The van der Waals surface area contributed by atoms with E-state index < -0.39 is 0 Å². The van der Waals surface area contributed by atoms with Crippen LogP contribution in [0.3, 0.4) is 0 Å². The lowest BCUT2D eigenvalue weighted by Gasteiger charge is -2.26.